The second-order valence-electron chi connectivity index (χ2n) is 5.76. The van der Waals surface area contributed by atoms with Gasteiger partial charge in [-0.2, -0.15) is 0 Å². The van der Waals surface area contributed by atoms with Gasteiger partial charge in [0.25, 0.3) is 0 Å². The molecule has 1 amide bonds. The minimum atomic E-state index is 0.0997. The maximum Gasteiger partial charge on any atom is 0.240 e. The topological polar surface area (TPSA) is 48.1 Å². The van der Waals surface area contributed by atoms with E-state index in [0.29, 0.717) is 13.1 Å². The summed E-state index contributed by atoms with van der Waals surface area (Å²) in [4.78, 5) is 17.5. The van der Waals surface area contributed by atoms with Crippen LogP contribution in [0.4, 0.5) is 5.69 Å². The predicted octanol–water partition coefficient (Wildman–Crippen LogP) is 3.35. The number of anilines is 1. The quantitative estimate of drug-likeness (QED) is 0.656. The number of H-pyrrole nitrogens is 1. The van der Waals surface area contributed by atoms with Crippen molar-refractivity contribution in [2.24, 2.45) is 0 Å². The number of nitrogens with zero attached hydrogens (tertiary/aromatic N) is 1. The monoisotopic (exact) mass is 321 g/mol. The molecule has 24 heavy (non-hydrogen) atoms. The Hall–Kier alpha value is -2.59. The van der Waals surface area contributed by atoms with Crippen molar-refractivity contribution >= 4 is 22.5 Å². The molecule has 3 aromatic rings. The number of benzene rings is 2. The number of fused-ring (bicyclic) bond motifs is 1. The molecular formula is C20H23N3O. The Balaban J connectivity index is 1.51. The van der Waals surface area contributed by atoms with Crippen LogP contribution in [0.3, 0.4) is 0 Å². The van der Waals surface area contributed by atoms with Gasteiger partial charge in [-0.05, 0) is 43.7 Å². The van der Waals surface area contributed by atoms with Gasteiger partial charge in [0.1, 0.15) is 0 Å². The van der Waals surface area contributed by atoms with Crippen molar-refractivity contribution in [3.8, 4) is 0 Å². The number of carbonyl (C=O) groups is 1. The van der Waals surface area contributed by atoms with E-state index in [2.05, 4.69) is 34.7 Å². The van der Waals surface area contributed by atoms with Gasteiger partial charge in [-0.3, -0.25) is 4.79 Å². The van der Waals surface area contributed by atoms with Gasteiger partial charge in [0.05, 0.1) is 6.54 Å². The fourth-order valence-corrected chi connectivity index (χ4v) is 2.96. The fraction of sp³-hybridized carbons (Fsp3) is 0.250. The van der Waals surface area contributed by atoms with Crippen molar-refractivity contribution in [1.82, 2.24) is 10.3 Å². The molecule has 0 bridgehead atoms. The minimum Gasteiger partial charge on any atom is -0.361 e. The van der Waals surface area contributed by atoms with Crippen molar-refractivity contribution < 1.29 is 4.79 Å². The highest BCUT2D eigenvalue weighted by molar-refractivity contribution is 5.94. The van der Waals surface area contributed by atoms with Gasteiger partial charge in [0, 0.05) is 29.3 Å². The Morgan fingerprint density at radius 1 is 1.08 bits per heavy atom. The van der Waals surface area contributed by atoms with Gasteiger partial charge in [-0.15, -0.1) is 0 Å². The van der Waals surface area contributed by atoms with Crippen LogP contribution in [0.2, 0.25) is 0 Å². The number of amides is 1. The molecule has 0 aliphatic carbocycles. The molecule has 4 heteroatoms. The summed E-state index contributed by atoms with van der Waals surface area (Å²) in [6, 6.07) is 18.1. The maximum absolute atomic E-state index is 12.4. The second kappa shape index (κ2) is 7.79. The first kappa shape index (κ1) is 16.3. The molecule has 0 saturated carbocycles. The number of rotatable bonds is 7. The van der Waals surface area contributed by atoms with E-state index in [9.17, 15) is 4.79 Å². The number of aromatic amines is 1. The molecule has 2 N–H and O–H groups in total. The van der Waals surface area contributed by atoms with E-state index in [1.54, 1.807) is 4.90 Å². The molecule has 4 nitrogen and oxygen atoms in total. The third-order valence-electron chi connectivity index (χ3n) is 4.21. The van der Waals surface area contributed by atoms with Gasteiger partial charge in [-0.1, -0.05) is 36.4 Å². The van der Waals surface area contributed by atoms with Crippen LogP contribution in [0, 0.1) is 0 Å². The predicted molar refractivity (Wildman–Crippen MR) is 99.3 cm³/mol. The first-order chi connectivity index (χ1) is 11.8. The first-order valence-corrected chi connectivity index (χ1v) is 8.40. The zero-order valence-electron chi connectivity index (χ0n) is 14.0. The van der Waals surface area contributed by atoms with Crippen LogP contribution in [0.5, 0.6) is 0 Å². The molecule has 1 heterocycles. The second-order valence-corrected chi connectivity index (χ2v) is 5.76. The summed E-state index contributed by atoms with van der Waals surface area (Å²) in [6.07, 6.45) is 2.95. The number of carbonyl (C=O) groups excluding carboxylic acids is 1. The fourth-order valence-electron chi connectivity index (χ4n) is 2.96. The number of hydrogen-bond acceptors (Lipinski definition) is 2. The summed E-state index contributed by atoms with van der Waals surface area (Å²) in [7, 11) is 0. The third-order valence-corrected chi connectivity index (χ3v) is 4.21. The van der Waals surface area contributed by atoms with Crippen LogP contribution in [-0.4, -0.2) is 30.5 Å². The van der Waals surface area contributed by atoms with E-state index in [-0.39, 0.29) is 5.91 Å². The number of para-hydroxylation sites is 2. The van der Waals surface area contributed by atoms with E-state index in [0.717, 1.165) is 24.2 Å². The Bertz CT molecular complexity index is 795. The lowest BCUT2D eigenvalue weighted by atomic mass is 10.1. The van der Waals surface area contributed by atoms with Crippen LogP contribution in [0.1, 0.15) is 12.5 Å². The summed E-state index contributed by atoms with van der Waals surface area (Å²) >= 11 is 0. The smallest absolute Gasteiger partial charge is 0.240 e. The molecule has 0 aliphatic heterocycles. The Labute approximate surface area is 142 Å². The third kappa shape index (κ3) is 3.66. The molecule has 0 atom stereocenters. The molecule has 0 radical (unpaired) electrons. The van der Waals surface area contributed by atoms with E-state index in [4.69, 9.17) is 0 Å². The largest absolute Gasteiger partial charge is 0.361 e. The van der Waals surface area contributed by atoms with Crippen molar-refractivity contribution in [3.63, 3.8) is 0 Å². The highest BCUT2D eigenvalue weighted by atomic mass is 16.2. The zero-order valence-corrected chi connectivity index (χ0v) is 14.0. The van der Waals surface area contributed by atoms with E-state index >= 15 is 0 Å². The van der Waals surface area contributed by atoms with Crippen LogP contribution >= 0.6 is 0 Å². The molecule has 0 saturated heterocycles. The molecule has 2 aromatic carbocycles. The summed E-state index contributed by atoms with van der Waals surface area (Å²) in [6.45, 7) is 3.80. The normalized spacial score (nSPS) is 10.9. The lowest BCUT2D eigenvalue weighted by molar-refractivity contribution is -0.117. The molecule has 0 fully saturated rings. The van der Waals surface area contributed by atoms with Crippen molar-refractivity contribution in [1.29, 1.82) is 0 Å². The highest BCUT2D eigenvalue weighted by Crippen LogP contribution is 2.17. The lowest BCUT2D eigenvalue weighted by Crippen LogP contribution is -2.38. The first-order valence-electron chi connectivity index (χ1n) is 8.40. The van der Waals surface area contributed by atoms with Gasteiger partial charge in [-0.25, -0.2) is 0 Å². The summed E-state index contributed by atoms with van der Waals surface area (Å²) in [5.74, 6) is 0.0997. The molecular weight excluding hydrogens is 298 g/mol. The van der Waals surface area contributed by atoms with Crippen molar-refractivity contribution in [2.45, 2.75) is 13.3 Å². The highest BCUT2D eigenvalue weighted by Gasteiger charge is 2.12. The minimum absolute atomic E-state index is 0.0997. The Morgan fingerprint density at radius 2 is 1.83 bits per heavy atom. The summed E-state index contributed by atoms with van der Waals surface area (Å²) in [5, 5.41) is 4.52. The van der Waals surface area contributed by atoms with E-state index in [1.807, 2.05) is 43.3 Å². The molecule has 1 aromatic heterocycles. The van der Waals surface area contributed by atoms with Crippen molar-refractivity contribution in [2.75, 3.05) is 24.5 Å². The molecule has 124 valence electrons. The number of hydrogen-bond donors (Lipinski definition) is 2. The van der Waals surface area contributed by atoms with Crippen LogP contribution in [0.15, 0.2) is 60.8 Å². The molecule has 0 unspecified atom stereocenters. The van der Waals surface area contributed by atoms with Crippen molar-refractivity contribution in [3.05, 3.63) is 66.4 Å². The zero-order chi connectivity index (χ0) is 16.8. The number of likely N-dealkylation sites (N-methyl/N-ethyl adjacent to an activating group) is 1. The summed E-state index contributed by atoms with van der Waals surface area (Å²) in [5.41, 5.74) is 3.38. The van der Waals surface area contributed by atoms with Crippen LogP contribution < -0.4 is 10.2 Å². The van der Waals surface area contributed by atoms with Gasteiger partial charge in [0.2, 0.25) is 5.91 Å². The maximum atomic E-state index is 12.4. The Kier molecular flexibility index (Phi) is 5.29. The molecule has 3 rings (SSSR count). The average molecular weight is 321 g/mol. The SMILES string of the molecule is CCN(C(=O)CNCCc1c[nH]c2ccccc12)c1ccccc1. The summed E-state index contributed by atoms with van der Waals surface area (Å²) < 4.78 is 0. The number of nitrogens with one attached hydrogen (secondary N) is 2. The average Bonchev–Trinajstić information content (AvgIpc) is 3.03. The molecule has 0 spiro atoms. The van der Waals surface area contributed by atoms with Crippen LogP contribution in [-0.2, 0) is 11.2 Å². The molecule has 0 aliphatic rings. The van der Waals surface area contributed by atoms with Gasteiger partial charge < -0.3 is 15.2 Å². The lowest BCUT2D eigenvalue weighted by Gasteiger charge is -2.21. The van der Waals surface area contributed by atoms with Gasteiger partial charge in [0.15, 0.2) is 0 Å². The standard InChI is InChI=1S/C20H23N3O/c1-2-23(17-8-4-3-5-9-17)20(24)15-21-13-12-16-14-22-19-11-7-6-10-18(16)19/h3-11,14,21-22H,2,12-13,15H2,1H3. The van der Waals surface area contributed by atoms with Crippen LogP contribution in [0.25, 0.3) is 10.9 Å². The van der Waals surface area contributed by atoms with Gasteiger partial charge >= 0.3 is 0 Å². The number of aromatic nitrogens is 1. The Morgan fingerprint density at radius 3 is 2.62 bits per heavy atom. The van der Waals surface area contributed by atoms with E-state index in [1.165, 1.54) is 10.9 Å². The van der Waals surface area contributed by atoms with E-state index < -0.39 is 0 Å².